The van der Waals surface area contributed by atoms with Crippen LogP contribution in [0.25, 0.3) is 10.6 Å². The summed E-state index contributed by atoms with van der Waals surface area (Å²) in [7, 11) is 0. The third-order valence-corrected chi connectivity index (χ3v) is 6.18. The first-order valence-electron chi connectivity index (χ1n) is 6.64. The summed E-state index contributed by atoms with van der Waals surface area (Å²) in [5, 5.41) is 8.99. The van der Waals surface area contributed by atoms with Crippen LogP contribution in [0.15, 0.2) is 33.7 Å². The number of hydrogen-bond donors (Lipinski definition) is 0. The van der Waals surface area contributed by atoms with Gasteiger partial charge in [-0.2, -0.15) is 11.3 Å². The van der Waals surface area contributed by atoms with Crippen molar-refractivity contribution in [2.24, 2.45) is 0 Å². The van der Waals surface area contributed by atoms with E-state index in [0.29, 0.717) is 12.2 Å². The minimum absolute atomic E-state index is 0.0459. The van der Waals surface area contributed by atoms with Crippen molar-refractivity contribution in [2.45, 2.75) is 13.0 Å². The summed E-state index contributed by atoms with van der Waals surface area (Å²) in [5.41, 5.74) is 2.95. The van der Waals surface area contributed by atoms with E-state index in [9.17, 15) is 4.79 Å². The Morgan fingerprint density at radius 3 is 3.00 bits per heavy atom. The standard InChI is InChI=1S/C15H12N2OS3/c18-15(17-4-1-13-10(7-17)3-6-20-13)12-9-21-14(16-12)11-2-5-19-8-11/h2-3,5-6,8-9H,1,4,7H2. The van der Waals surface area contributed by atoms with Gasteiger partial charge < -0.3 is 4.90 Å². The highest BCUT2D eigenvalue weighted by Crippen LogP contribution is 2.28. The zero-order valence-corrected chi connectivity index (χ0v) is 13.6. The highest BCUT2D eigenvalue weighted by atomic mass is 32.1. The van der Waals surface area contributed by atoms with E-state index in [1.807, 2.05) is 21.7 Å². The van der Waals surface area contributed by atoms with Gasteiger partial charge in [0, 0.05) is 34.3 Å². The molecule has 3 aromatic heterocycles. The molecule has 3 aromatic rings. The summed E-state index contributed by atoms with van der Waals surface area (Å²) in [5.74, 6) is 0.0459. The lowest BCUT2D eigenvalue weighted by atomic mass is 10.1. The summed E-state index contributed by atoms with van der Waals surface area (Å²) in [4.78, 5) is 20.4. The predicted molar refractivity (Wildman–Crippen MR) is 88.2 cm³/mol. The second-order valence-electron chi connectivity index (χ2n) is 4.90. The molecule has 1 amide bonds. The van der Waals surface area contributed by atoms with Crippen LogP contribution in [-0.2, 0) is 13.0 Å². The van der Waals surface area contributed by atoms with Crippen LogP contribution < -0.4 is 0 Å². The van der Waals surface area contributed by atoms with Crippen molar-refractivity contribution >= 4 is 39.9 Å². The maximum absolute atomic E-state index is 12.6. The number of carbonyl (C=O) groups is 1. The Kier molecular flexibility index (Phi) is 3.37. The van der Waals surface area contributed by atoms with Crippen molar-refractivity contribution in [3.05, 3.63) is 49.8 Å². The van der Waals surface area contributed by atoms with E-state index in [-0.39, 0.29) is 5.91 Å². The topological polar surface area (TPSA) is 33.2 Å². The SMILES string of the molecule is O=C(c1csc(-c2ccsc2)n1)N1CCc2sccc2C1. The van der Waals surface area contributed by atoms with Crippen LogP contribution in [0.5, 0.6) is 0 Å². The first kappa shape index (κ1) is 13.2. The third-order valence-electron chi connectivity index (χ3n) is 3.59. The molecular formula is C15H12N2OS3. The lowest BCUT2D eigenvalue weighted by Gasteiger charge is -2.26. The smallest absolute Gasteiger partial charge is 0.273 e. The van der Waals surface area contributed by atoms with Crippen molar-refractivity contribution in [1.82, 2.24) is 9.88 Å². The number of rotatable bonds is 2. The zero-order valence-electron chi connectivity index (χ0n) is 11.1. The fourth-order valence-electron chi connectivity index (χ4n) is 2.47. The average molecular weight is 332 g/mol. The molecule has 0 unspecified atom stereocenters. The van der Waals surface area contributed by atoms with Crippen molar-refractivity contribution in [3.63, 3.8) is 0 Å². The number of carbonyl (C=O) groups excluding carboxylic acids is 1. The number of hydrogen-bond acceptors (Lipinski definition) is 5. The Morgan fingerprint density at radius 2 is 2.14 bits per heavy atom. The van der Waals surface area contributed by atoms with Gasteiger partial charge in [0.05, 0.1) is 0 Å². The van der Waals surface area contributed by atoms with Gasteiger partial charge in [0.25, 0.3) is 5.91 Å². The van der Waals surface area contributed by atoms with Gasteiger partial charge in [-0.05, 0) is 34.9 Å². The maximum atomic E-state index is 12.6. The molecule has 4 rings (SSSR count). The van der Waals surface area contributed by atoms with Gasteiger partial charge in [-0.1, -0.05) is 0 Å². The fraction of sp³-hybridized carbons (Fsp3) is 0.200. The summed E-state index contributed by atoms with van der Waals surface area (Å²) in [6, 6.07) is 4.16. The van der Waals surface area contributed by atoms with E-state index in [4.69, 9.17) is 0 Å². The maximum Gasteiger partial charge on any atom is 0.273 e. The lowest BCUT2D eigenvalue weighted by molar-refractivity contribution is 0.0731. The Bertz CT molecular complexity index is 773. The highest BCUT2D eigenvalue weighted by Gasteiger charge is 2.24. The number of amides is 1. The van der Waals surface area contributed by atoms with Crippen LogP contribution in [0.3, 0.4) is 0 Å². The van der Waals surface area contributed by atoms with Crippen LogP contribution in [0.2, 0.25) is 0 Å². The van der Waals surface area contributed by atoms with E-state index in [2.05, 4.69) is 21.8 Å². The number of aromatic nitrogens is 1. The van der Waals surface area contributed by atoms with Gasteiger partial charge in [-0.3, -0.25) is 4.79 Å². The summed E-state index contributed by atoms with van der Waals surface area (Å²) >= 11 is 4.97. The first-order chi connectivity index (χ1) is 10.3. The average Bonchev–Trinajstić information content (AvgIpc) is 3.24. The second-order valence-corrected chi connectivity index (χ2v) is 7.53. The Balaban J connectivity index is 1.56. The van der Waals surface area contributed by atoms with Gasteiger partial charge in [0.2, 0.25) is 0 Å². The molecule has 21 heavy (non-hydrogen) atoms. The van der Waals surface area contributed by atoms with Crippen molar-refractivity contribution < 1.29 is 4.79 Å². The molecule has 0 saturated carbocycles. The second kappa shape index (κ2) is 5.36. The summed E-state index contributed by atoms with van der Waals surface area (Å²) in [6.07, 6.45) is 0.959. The zero-order chi connectivity index (χ0) is 14.2. The van der Waals surface area contributed by atoms with Crippen LogP contribution in [0, 0.1) is 0 Å². The molecule has 0 fully saturated rings. The molecular weight excluding hydrogens is 320 g/mol. The number of fused-ring (bicyclic) bond motifs is 1. The molecule has 3 nitrogen and oxygen atoms in total. The van der Waals surface area contributed by atoms with Crippen LogP contribution in [-0.4, -0.2) is 22.3 Å². The lowest BCUT2D eigenvalue weighted by Crippen LogP contribution is -2.35. The van der Waals surface area contributed by atoms with Crippen molar-refractivity contribution in [1.29, 1.82) is 0 Å². The largest absolute Gasteiger partial charge is 0.333 e. The Morgan fingerprint density at radius 1 is 1.19 bits per heavy atom. The highest BCUT2D eigenvalue weighted by molar-refractivity contribution is 7.14. The van der Waals surface area contributed by atoms with Gasteiger partial charge in [0.1, 0.15) is 10.7 Å². The molecule has 0 radical (unpaired) electrons. The van der Waals surface area contributed by atoms with Gasteiger partial charge in [-0.25, -0.2) is 4.98 Å². The summed E-state index contributed by atoms with van der Waals surface area (Å²) < 4.78 is 0. The monoisotopic (exact) mass is 332 g/mol. The van der Waals surface area contributed by atoms with Crippen LogP contribution in [0.4, 0.5) is 0 Å². The molecule has 106 valence electrons. The van der Waals surface area contributed by atoms with Crippen LogP contribution >= 0.6 is 34.0 Å². The van der Waals surface area contributed by atoms with Gasteiger partial charge in [-0.15, -0.1) is 22.7 Å². The van der Waals surface area contributed by atoms with Gasteiger partial charge >= 0.3 is 0 Å². The molecule has 0 saturated heterocycles. The normalized spacial score (nSPS) is 14.2. The molecule has 0 spiro atoms. The predicted octanol–water partition coefficient (Wildman–Crippen LogP) is 4.13. The van der Waals surface area contributed by atoms with E-state index < -0.39 is 0 Å². The van der Waals surface area contributed by atoms with Crippen molar-refractivity contribution in [2.75, 3.05) is 6.54 Å². The Hall–Kier alpha value is -1.50. The van der Waals surface area contributed by atoms with E-state index in [0.717, 1.165) is 23.5 Å². The number of thiazole rings is 1. The van der Waals surface area contributed by atoms with E-state index in [1.54, 1.807) is 22.7 Å². The third kappa shape index (κ3) is 2.43. The number of thiophene rings is 2. The molecule has 0 atom stereocenters. The minimum atomic E-state index is 0.0459. The fourth-order valence-corrected chi connectivity index (χ4v) is 4.87. The molecule has 1 aliphatic heterocycles. The first-order valence-corrected chi connectivity index (χ1v) is 9.34. The van der Waals surface area contributed by atoms with Gasteiger partial charge in [0.15, 0.2) is 0 Å². The van der Waals surface area contributed by atoms with Crippen molar-refractivity contribution in [3.8, 4) is 10.6 Å². The summed E-state index contributed by atoms with van der Waals surface area (Å²) in [6.45, 7) is 1.50. The molecule has 0 aromatic carbocycles. The molecule has 0 aliphatic carbocycles. The molecule has 1 aliphatic rings. The Labute approximate surface area is 134 Å². The molecule has 0 bridgehead atoms. The quantitative estimate of drug-likeness (QED) is 0.707. The molecule has 6 heteroatoms. The van der Waals surface area contributed by atoms with Crippen LogP contribution in [0.1, 0.15) is 20.9 Å². The van der Waals surface area contributed by atoms with E-state index in [1.165, 1.54) is 21.8 Å². The minimum Gasteiger partial charge on any atom is -0.333 e. The molecule has 0 N–H and O–H groups in total. The molecule has 4 heterocycles. The van der Waals surface area contributed by atoms with E-state index >= 15 is 0 Å². The number of nitrogens with zero attached hydrogens (tertiary/aromatic N) is 2.